The predicted octanol–water partition coefficient (Wildman–Crippen LogP) is 4.58. The third-order valence-electron chi connectivity index (χ3n) is 4.84. The van der Waals surface area contributed by atoms with Crippen molar-refractivity contribution in [1.82, 2.24) is 14.9 Å². The molecule has 0 fully saturated rings. The Labute approximate surface area is 180 Å². The normalized spacial score (nSPS) is 10.6. The van der Waals surface area contributed by atoms with E-state index in [1.807, 2.05) is 59.3 Å². The molecule has 1 N–H and O–H groups in total. The second-order valence-electron chi connectivity index (χ2n) is 7.17. The van der Waals surface area contributed by atoms with E-state index in [0.717, 1.165) is 23.2 Å². The van der Waals surface area contributed by atoms with Crippen molar-refractivity contribution in [2.75, 3.05) is 0 Å². The van der Waals surface area contributed by atoms with Crippen LogP contribution in [0.2, 0.25) is 0 Å². The molecule has 6 heteroatoms. The highest BCUT2D eigenvalue weighted by atomic mass is 19.1. The van der Waals surface area contributed by atoms with E-state index in [0.29, 0.717) is 24.5 Å². The highest BCUT2D eigenvalue weighted by Crippen LogP contribution is 2.15. The Balaban J connectivity index is 1.25. The molecule has 5 nitrogen and oxygen atoms in total. The number of halogens is 1. The zero-order valence-corrected chi connectivity index (χ0v) is 16.9. The van der Waals surface area contributed by atoms with Crippen LogP contribution in [-0.4, -0.2) is 15.5 Å². The predicted molar refractivity (Wildman–Crippen MR) is 116 cm³/mol. The largest absolute Gasteiger partial charge is 0.489 e. The molecule has 156 valence electrons. The Hall–Kier alpha value is -3.93. The lowest BCUT2D eigenvalue weighted by Crippen LogP contribution is -2.22. The van der Waals surface area contributed by atoms with Crippen LogP contribution in [0.25, 0.3) is 0 Å². The van der Waals surface area contributed by atoms with Gasteiger partial charge >= 0.3 is 0 Å². The van der Waals surface area contributed by atoms with Crippen molar-refractivity contribution in [2.24, 2.45) is 0 Å². The number of hydrogen-bond acceptors (Lipinski definition) is 3. The molecule has 4 rings (SSSR count). The van der Waals surface area contributed by atoms with Crippen LogP contribution in [0.15, 0.2) is 91.5 Å². The minimum atomic E-state index is -0.263. The first-order chi connectivity index (χ1) is 15.2. The molecular weight excluding hydrogens is 393 g/mol. The average molecular weight is 415 g/mol. The first-order valence-electron chi connectivity index (χ1n) is 9.95. The van der Waals surface area contributed by atoms with Crippen molar-refractivity contribution in [3.63, 3.8) is 0 Å². The molecule has 0 spiro atoms. The lowest BCUT2D eigenvalue weighted by molar-refractivity contribution is 0.0951. The van der Waals surface area contributed by atoms with E-state index in [-0.39, 0.29) is 11.7 Å². The molecule has 0 aliphatic carbocycles. The third kappa shape index (κ3) is 5.79. The molecule has 1 heterocycles. The molecule has 0 aliphatic heterocycles. The van der Waals surface area contributed by atoms with Gasteiger partial charge in [0.2, 0.25) is 0 Å². The molecule has 0 bridgehead atoms. The second-order valence-corrected chi connectivity index (χ2v) is 7.17. The van der Waals surface area contributed by atoms with Gasteiger partial charge in [-0.25, -0.2) is 9.37 Å². The Kier molecular flexibility index (Phi) is 6.38. The summed E-state index contributed by atoms with van der Waals surface area (Å²) < 4.78 is 20.6. The summed E-state index contributed by atoms with van der Waals surface area (Å²) in [6, 6.07) is 21.3. The summed E-state index contributed by atoms with van der Waals surface area (Å²) in [7, 11) is 0. The van der Waals surface area contributed by atoms with Crippen LogP contribution in [0.5, 0.6) is 5.75 Å². The topological polar surface area (TPSA) is 56.1 Å². The molecule has 31 heavy (non-hydrogen) atoms. The summed E-state index contributed by atoms with van der Waals surface area (Å²) in [4.78, 5) is 16.4. The summed E-state index contributed by atoms with van der Waals surface area (Å²) in [6.07, 6.45) is 5.41. The number of imidazole rings is 1. The van der Waals surface area contributed by atoms with Crippen LogP contribution >= 0.6 is 0 Å². The number of amides is 1. The first kappa shape index (κ1) is 20.3. The van der Waals surface area contributed by atoms with Crippen LogP contribution in [-0.2, 0) is 19.7 Å². The van der Waals surface area contributed by atoms with Gasteiger partial charge in [-0.05, 0) is 53.1 Å². The van der Waals surface area contributed by atoms with Gasteiger partial charge in [0, 0.05) is 31.0 Å². The van der Waals surface area contributed by atoms with E-state index in [1.54, 1.807) is 24.7 Å². The number of carbonyl (C=O) groups excluding carboxylic acids is 1. The highest BCUT2D eigenvalue weighted by Gasteiger charge is 2.06. The lowest BCUT2D eigenvalue weighted by atomic mass is 10.1. The van der Waals surface area contributed by atoms with E-state index in [2.05, 4.69) is 10.3 Å². The van der Waals surface area contributed by atoms with Crippen molar-refractivity contribution in [2.45, 2.75) is 19.7 Å². The van der Waals surface area contributed by atoms with Crippen LogP contribution in [0.4, 0.5) is 4.39 Å². The van der Waals surface area contributed by atoms with Gasteiger partial charge in [0.05, 0.1) is 6.33 Å². The fraction of sp³-hybridized carbons (Fsp3) is 0.120. The second kappa shape index (κ2) is 9.71. The number of nitrogens with one attached hydrogen (secondary N) is 1. The molecule has 1 aromatic heterocycles. The first-order valence-corrected chi connectivity index (χ1v) is 9.95. The van der Waals surface area contributed by atoms with E-state index in [1.165, 1.54) is 12.1 Å². The number of rotatable bonds is 8. The maximum atomic E-state index is 12.9. The van der Waals surface area contributed by atoms with Crippen molar-refractivity contribution in [1.29, 1.82) is 0 Å². The zero-order chi connectivity index (χ0) is 21.5. The minimum Gasteiger partial charge on any atom is -0.489 e. The SMILES string of the molecule is O=C(NCc1ccc(OCc2ccc(F)cc2)cc1)c1ccc(Cn2ccnc2)cc1. The maximum Gasteiger partial charge on any atom is 0.251 e. The molecule has 4 aromatic rings. The van der Waals surface area contributed by atoms with Crippen LogP contribution < -0.4 is 10.1 Å². The number of carbonyl (C=O) groups is 1. The zero-order valence-electron chi connectivity index (χ0n) is 16.9. The number of ether oxygens (including phenoxy) is 1. The van der Waals surface area contributed by atoms with Crippen molar-refractivity contribution >= 4 is 5.91 Å². The van der Waals surface area contributed by atoms with E-state index < -0.39 is 0 Å². The van der Waals surface area contributed by atoms with Gasteiger partial charge in [0.15, 0.2) is 0 Å². The Morgan fingerprint density at radius 3 is 2.26 bits per heavy atom. The smallest absolute Gasteiger partial charge is 0.251 e. The highest BCUT2D eigenvalue weighted by molar-refractivity contribution is 5.94. The van der Waals surface area contributed by atoms with Crippen LogP contribution in [0.3, 0.4) is 0 Å². The molecular formula is C25H22FN3O2. The van der Waals surface area contributed by atoms with Gasteiger partial charge in [-0.2, -0.15) is 0 Å². The molecule has 0 saturated heterocycles. The summed E-state index contributed by atoms with van der Waals surface area (Å²) in [5, 5.41) is 2.93. The Morgan fingerprint density at radius 2 is 1.58 bits per heavy atom. The molecule has 0 aliphatic rings. The number of nitrogens with zero attached hydrogens (tertiary/aromatic N) is 2. The summed E-state index contributed by atoms with van der Waals surface area (Å²) in [5.41, 5.74) is 3.59. The van der Waals surface area contributed by atoms with Crippen molar-refractivity contribution < 1.29 is 13.9 Å². The summed E-state index contributed by atoms with van der Waals surface area (Å²) in [6.45, 7) is 1.51. The molecule has 0 radical (unpaired) electrons. The van der Waals surface area contributed by atoms with Crippen LogP contribution in [0.1, 0.15) is 27.0 Å². The van der Waals surface area contributed by atoms with E-state index in [4.69, 9.17) is 4.74 Å². The van der Waals surface area contributed by atoms with Crippen molar-refractivity contribution in [3.8, 4) is 5.75 Å². The van der Waals surface area contributed by atoms with Gasteiger partial charge in [-0.1, -0.05) is 36.4 Å². The monoisotopic (exact) mass is 415 g/mol. The number of aromatic nitrogens is 2. The summed E-state index contributed by atoms with van der Waals surface area (Å²) >= 11 is 0. The van der Waals surface area contributed by atoms with Crippen molar-refractivity contribution in [3.05, 3.63) is 120 Å². The number of hydrogen-bond donors (Lipinski definition) is 1. The average Bonchev–Trinajstić information content (AvgIpc) is 3.31. The number of benzene rings is 3. The van der Waals surface area contributed by atoms with Gasteiger partial charge in [-0.15, -0.1) is 0 Å². The minimum absolute atomic E-state index is 0.120. The van der Waals surface area contributed by atoms with E-state index >= 15 is 0 Å². The lowest BCUT2D eigenvalue weighted by Gasteiger charge is -2.09. The van der Waals surface area contributed by atoms with Gasteiger partial charge in [0.25, 0.3) is 5.91 Å². The third-order valence-corrected chi connectivity index (χ3v) is 4.84. The van der Waals surface area contributed by atoms with Gasteiger partial charge in [-0.3, -0.25) is 4.79 Å². The molecule has 0 atom stereocenters. The Bertz CT molecular complexity index is 1110. The molecule has 0 saturated carbocycles. The molecule has 1 amide bonds. The standard InChI is InChI=1S/C25H22FN3O2/c26-23-9-3-21(4-10-23)17-31-24-11-5-19(6-12-24)15-28-25(30)22-7-1-20(2-8-22)16-29-14-13-27-18-29/h1-14,18H,15-17H2,(H,28,30). The van der Waals surface area contributed by atoms with Gasteiger partial charge < -0.3 is 14.6 Å². The van der Waals surface area contributed by atoms with Gasteiger partial charge in [0.1, 0.15) is 18.2 Å². The molecule has 0 unspecified atom stereocenters. The maximum absolute atomic E-state index is 12.9. The fourth-order valence-electron chi connectivity index (χ4n) is 3.09. The quantitative estimate of drug-likeness (QED) is 0.458. The Morgan fingerprint density at radius 1 is 0.903 bits per heavy atom. The van der Waals surface area contributed by atoms with E-state index in [9.17, 15) is 9.18 Å². The summed E-state index contributed by atoms with van der Waals surface area (Å²) in [5.74, 6) is 0.333. The molecule has 3 aromatic carbocycles. The van der Waals surface area contributed by atoms with Crippen LogP contribution in [0, 0.1) is 5.82 Å². The fourth-order valence-corrected chi connectivity index (χ4v) is 3.09.